The first kappa shape index (κ1) is 14.0. The Balaban J connectivity index is 2.29. The average molecular weight is 281 g/mol. The quantitative estimate of drug-likeness (QED) is 0.482. The van der Waals surface area contributed by atoms with Crippen molar-refractivity contribution in [1.82, 2.24) is 0 Å². The van der Waals surface area contributed by atoms with Gasteiger partial charge in [0.2, 0.25) is 0 Å². The predicted octanol–water partition coefficient (Wildman–Crippen LogP) is 3.07. The van der Waals surface area contributed by atoms with Crippen molar-refractivity contribution >= 4 is 23.2 Å². The van der Waals surface area contributed by atoms with Crippen LogP contribution in [0.2, 0.25) is 0 Å². The third-order valence-corrected chi connectivity index (χ3v) is 4.67. The summed E-state index contributed by atoms with van der Waals surface area (Å²) in [5.41, 5.74) is 0.364. The Bertz CT molecular complexity index is 517. The first-order valence-electron chi connectivity index (χ1n) is 6.06. The van der Waals surface area contributed by atoms with E-state index in [2.05, 4.69) is 0 Å². The second kappa shape index (κ2) is 5.71. The summed E-state index contributed by atoms with van der Waals surface area (Å²) in [5, 5.41) is 11.3. The summed E-state index contributed by atoms with van der Waals surface area (Å²) >= 11 is 1.46. The van der Waals surface area contributed by atoms with Gasteiger partial charge in [0.25, 0.3) is 5.69 Å². The number of nitro groups is 1. The molecule has 5 nitrogen and oxygen atoms in total. The Labute approximate surface area is 115 Å². The highest BCUT2D eigenvalue weighted by atomic mass is 32.2. The van der Waals surface area contributed by atoms with Crippen molar-refractivity contribution in [3.8, 4) is 0 Å². The number of hydrogen-bond acceptors (Lipinski definition) is 5. The molecule has 1 fully saturated rings. The third kappa shape index (κ3) is 3.13. The molecule has 0 bridgehead atoms. The van der Waals surface area contributed by atoms with Crippen molar-refractivity contribution < 1.29 is 14.5 Å². The summed E-state index contributed by atoms with van der Waals surface area (Å²) < 4.78 is 5.46. The van der Waals surface area contributed by atoms with Crippen LogP contribution in [0, 0.1) is 10.1 Å². The minimum Gasteiger partial charge on any atom is -0.377 e. The lowest BCUT2D eigenvalue weighted by Crippen LogP contribution is -2.13. The molecule has 0 spiro atoms. The Morgan fingerprint density at radius 2 is 2.26 bits per heavy atom. The van der Waals surface area contributed by atoms with Crippen LogP contribution in [-0.2, 0) is 4.74 Å². The van der Waals surface area contributed by atoms with E-state index >= 15 is 0 Å². The zero-order chi connectivity index (χ0) is 14.0. The number of Topliss-reactive ketones (excluding diaryl/α,β-unsaturated/α-hetero) is 1. The fourth-order valence-electron chi connectivity index (χ4n) is 2.01. The van der Waals surface area contributed by atoms with Crippen LogP contribution in [0.15, 0.2) is 23.1 Å². The van der Waals surface area contributed by atoms with E-state index in [1.165, 1.54) is 24.8 Å². The molecule has 6 heteroatoms. The minimum absolute atomic E-state index is 0.00296. The van der Waals surface area contributed by atoms with Gasteiger partial charge in [0.05, 0.1) is 15.9 Å². The molecule has 1 saturated heterocycles. The van der Waals surface area contributed by atoms with E-state index < -0.39 is 4.92 Å². The van der Waals surface area contributed by atoms with E-state index in [4.69, 9.17) is 4.74 Å². The van der Waals surface area contributed by atoms with Gasteiger partial charge in [-0.25, -0.2) is 0 Å². The standard InChI is InChI=1S/C13H15NO4S/c1-8(15)10-3-4-13(11(7-10)14(16)17)19-12-5-6-18-9(12)2/h3-4,7,9,12H,5-6H2,1-2H3. The molecule has 2 atom stereocenters. The molecule has 1 aromatic carbocycles. The number of carbonyl (C=O) groups is 1. The first-order valence-corrected chi connectivity index (χ1v) is 6.94. The summed E-state index contributed by atoms with van der Waals surface area (Å²) in [5.74, 6) is -0.169. The summed E-state index contributed by atoms with van der Waals surface area (Å²) in [6.45, 7) is 4.07. The van der Waals surface area contributed by atoms with Crippen molar-refractivity contribution in [3.05, 3.63) is 33.9 Å². The van der Waals surface area contributed by atoms with Gasteiger partial charge < -0.3 is 4.74 Å². The van der Waals surface area contributed by atoms with Gasteiger partial charge >= 0.3 is 0 Å². The fraction of sp³-hybridized carbons (Fsp3) is 0.462. The van der Waals surface area contributed by atoms with E-state index in [0.717, 1.165) is 6.42 Å². The highest BCUT2D eigenvalue weighted by Crippen LogP contribution is 2.37. The van der Waals surface area contributed by atoms with Gasteiger partial charge in [0, 0.05) is 23.5 Å². The van der Waals surface area contributed by atoms with Gasteiger partial charge in [-0.3, -0.25) is 14.9 Å². The highest BCUT2D eigenvalue weighted by Gasteiger charge is 2.28. The van der Waals surface area contributed by atoms with E-state index in [1.807, 2.05) is 6.92 Å². The highest BCUT2D eigenvalue weighted by molar-refractivity contribution is 8.00. The number of thioether (sulfide) groups is 1. The fourth-order valence-corrected chi connectivity index (χ4v) is 3.22. The molecular weight excluding hydrogens is 266 g/mol. The van der Waals surface area contributed by atoms with E-state index in [1.54, 1.807) is 12.1 Å². The summed E-state index contributed by atoms with van der Waals surface area (Å²) in [7, 11) is 0. The number of carbonyl (C=O) groups excluding carboxylic acids is 1. The molecule has 2 rings (SSSR count). The van der Waals surface area contributed by atoms with Crippen LogP contribution in [0.1, 0.15) is 30.6 Å². The molecule has 19 heavy (non-hydrogen) atoms. The molecule has 102 valence electrons. The molecule has 0 radical (unpaired) electrons. The van der Waals surface area contributed by atoms with E-state index in [-0.39, 0.29) is 22.8 Å². The van der Waals surface area contributed by atoms with Crippen LogP contribution >= 0.6 is 11.8 Å². The van der Waals surface area contributed by atoms with Gasteiger partial charge in [-0.2, -0.15) is 0 Å². The molecule has 0 aromatic heterocycles. The van der Waals surface area contributed by atoms with Gasteiger partial charge in [-0.1, -0.05) is 0 Å². The lowest BCUT2D eigenvalue weighted by molar-refractivity contribution is -0.387. The van der Waals surface area contributed by atoms with Gasteiger partial charge in [-0.15, -0.1) is 11.8 Å². The second-order valence-electron chi connectivity index (χ2n) is 4.52. The monoisotopic (exact) mass is 281 g/mol. The Kier molecular flexibility index (Phi) is 4.21. The van der Waals surface area contributed by atoms with Crippen LogP contribution in [0.4, 0.5) is 5.69 Å². The molecule has 0 aliphatic carbocycles. The van der Waals surface area contributed by atoms with Crippen molar-refractivity contribution in [3.63, 3.8) is 0 Å². The molecule has 0 N–H and O–H groups in total. The number of nitrogens with zero attached hydrogens (tertiary/aromatic N) is 1. The van der Waals surface area contributed by atoms with Gasteiger partial charge in [0.1, 0.15) is 0 Å². The maximum absolute atomic E-state index is 11.3. The molecular formula is C13H15NO4S. The number of benzene rings is 1. The number of rotatable bonds is 4. The lowest BCUT2D eigenvalue weighted by Gasteiger charge is -2.13. The second-order valence-corrected chi connectivity index (χ2v) is 5.80. The van der Waals surface area contributed by atoms with E-state index in [0.29, 0.717) is 17.1 Å². The van der Waals surface area contributed by atoms with Crippen LogP contribution in [0.5, 0.6) is 0 Å². The maximum Gasteiger partial charge on any atom is 0.283 e. The normalized spacial score (nSPS) is 22.4. The third-order valence-electron chi connectivity index (χ3n) is 3.15. The molecule has 1 heterocycles. The van der Waals surface area contributed by atoms with Crippen LogP contribution in [-0.4, -0.2) is 28.7 Å². The van der Waals surface area contributed by atoms with Crippen LogP contribution in [0.3, 0.4) is 0 Å². The van der Waals surface area contributed by atoms with Crippen molar-refractivity contribution in [1.29, 1.82) is 0 Å². The van der Waals surface area contributed by atoms with Crippen molar-refractivity contribution in [2.24, 2.45) is 0 Å². The Hall–Kier alpha value is -1.40. The van der Waals surface area contributed by atoms with Crippen LogP contribution < -0.4 is 0 Å². The molecule has 0 amide bonds. The number of hydrogen-bond donors (Lipinski definition) is 0. The molecule has 2 unspecified atom stereocenters. The lowest BCUT2D eigenvalue weighted by atomic mass is 10.1. The smallest absolute Gasteiger partial charge is 0.283 e. The molecule has 1 aliphatic heterocycles. The van der Waals surface area contributed by atoms with Crippen molar-refractivity contribution in [2.45, 2.75) is 36.5 Å². The Morgan fingerprint density at radius 1 is 1.53 bits per heavy atom. The first-order chi connectivity index (χ1) is 8.99. The zero-order valence-corrected chi connectivity index (χ0v) is 11.6. The summed E-state index contributed by atoms with van der Waals surface area (Å²) in [6, 6.07) is 4.65. The van der Waals surface area contributed by atoms with E-state index in [9.17, 15) is 14.9 Å². The predicted molar refractivity (Wildman–Crippen MR) is 72.8 cm³/mol. The molecule has 1 aliphatic rings. The average Bonchev–Trinajstić information content (AvgIpc) is 2.75. The van der Waals surface area contributed by atoms with Gasteiger partial charge in [-0.05, 0) is 32.4 Å². The minimum atomic E-state index is -0.435. The van der Waals surface area contributed by atoms with Gasteiger partial charge in [0.15, 0.2) is 5.78 Å². The molecule has 0 saturated carbocycles. The van der Waals surface area contributed by atoms with Crippen molar-refractivity contribution in [2.75, 3.05) is 6.61 Å². The molecule has 1 aromatic rings. The SMILES string of the molecule is CC(=O)c1ccc(SC2CCOC2C)c([N+](=O)[O-])c1. The number of ketones is 1. The number of ether oxygens (including phenoxy) is 1. The van der Waals surface area contributed by atoms with Crippen LogP contribution in [0.25, 0.3) is 0 Å². The maximum atomic E-state index is 11.3. The largest absolute Gasteiger partial charge is 0.377 e. The number of nitro benzene ring substituents is 1. The summed E-state index contributed by atoms with van der Waals surface area (Å²) in [4.78, 5) is 22.5. The zero-order valence-electron chi connectivity index (χ0n) is 10.8. The topological polar surface area (TPSA) is 69.4 Å². The summed E-state index contributed by atoms with van der Waals surface area (Å²) in [6.07, 6.45) is 0.981. The Morgan fingerprint density at radius 3 is 2.79 bits per heavy atom.